The van der Waals surface area contributed by atoms with Crippen LogP contribution in [0.15, 0.2) is 89.3 Å². The lowest BCUT2D eigenvalue weighted by Crippen LogP contribution is -2.27. The fourth-order valence-electron chi connectivity index (χ4n) is 3.53. The highest BCUT2D eigenvalue weighted by molar-refractivity contribution is 7.17. The van der Waals surface area contributed by atoms with E-state index in [1.165, 1.54) is 22.2 Å². The number of amides is 1. The molecule has 0 aliphatic carbocycles. The zero-order valence-corrected chi connectivity index (χ0v) is 16.7. The first kappa shape index (κ1) is 18.3. The highest BCUT2D eigenvalue weighted by Gasteiger charge is 2.14. The van der Waals surface area contributed by atoms with Gasteiger partial charge in [0, 0.05) is 16.6 Å². The first-order valence-corrected chi connectivity index (χ1v) is 10.4. The van der Waals surface area contributed by atoms with Crippen molar-refractivity contribution >= 4 is 43.9 Å². The van der Waals surface area contributed by atoms with Gasteiger partial charge in [-0.3, -0.25) is 14.2 Å². The topological polar surface area (TPSA) is 64.0 Å². The fourth-order valence-corrected chi connectivity index (χ4v) is 4.44. The predicted molar refractivity (Wildman–Crippen MR) is 122 cm³/mol. The van der Waals surface area contributed by atoms with Crippen LogP contribution in [0.3, 0.4) is 0 Å². The van der Waals surface area contributed by atoms with Crippen LogP contribution in [0.25, 0.3) is 32.1 Å². The highest BCUT2D eigenvalue weighted by Crippen LogP contribution is 2.30. The van der Waals surface area contributed by atoms with Gasteiger partial charge in [-0.2, -0.15) is 0 Å². The van der Waals surface area contributed by atoms with Gasteiger partial charge in [-0.05, 0) is 28.5 Å². The van der Waals surface area contributed by atoms with Crippen molar-refractivity contribution in [1.29, 1.82) is 0 Å². The van der Waals surface area contributed by atoms with Crippen LogP contribution in [0.2, 0.25) is 0 Å². The molecule has 30 heavy (non-hydrogen) atoms. The molecule has 2 heterocycles. The zero-order chi connectivity index (χ0) is 20.5. The Labute approximate surface area is 176 Å². The SMILES string of the molecule is O=C(Cn1cnc2scc(-c3ccccc3)c2c1=O)Nc1ccc2ccccc2c1. The number of hydrogen-bond acceptors (Lipinski definition) is 4. The molecule has 6 heteroatoms. The number of carbonyl (C=O) groups is 1. The van der Waals surface area contributed by atoms with Crippen molar-refractivity contribution in [3.05, 3.63) is 94.9 Å². The second-order valence-electron chi connectivity index (χ2n) is 6.98. The van der Waals surface area contributed by atoms with Crippen LogP contribution < -0.4 is 10.9 Å². The van der Waals surface area contributed by atoms with Gasteiger partial charge >= 0.3 is 0 Å². The molecular formula is C24H17N3O2S. The molecule has 146 valence electrons. The van der Waals surface area contributed by atoms with E-state index in [1.807, 2.05) is 78.2 Å². The number of aromatic nitrogens is 2. The van der Waals surface area contributed by atoms with Crippen LogP contribution in [-0.4, -0.2) is 15.5 Å². The summed E-state index contributed by atoms with van der Waals surface area (Å²) in [6, 6.07) is 23.4. The molecule has 0 unspecified atom stereocenters. The molecule has 5 aromatic rings. The maximum absolute atomic E-state index is 13.1. The monoisotopic (exact) mass is 411 g/mol. The number of nitrogens with one attached hydrogen (secondary N) is 1. The van der Waals surface area contributed by atoms with E-state index in [4.69, 9.17) is 0 Å². The number of hydrogen-bond donors (Lipinski definition) is 1. The number of fused-ring (bicyclic) bond motifs is 2. The second-order valence-corrected chi connectivity index (χ2v) is 7.84. The summed E-state index contributed by atoms with van der Waals surface area (Å²) in [5.74, 6) is -0.273. The van der Waals surface area contributed by atoms with Crippen molar-refractivity contribution in [3.8, 4) is 11.1 Å². The third kappa shape index (κ3) is 3.38. The fraction of sp³-hybridized carbons (Fsp3) is 0.0417. The number of nitrogens with zero attached hydrogens (tertiary/aromatic N) is 2. The Kier molecular flexibility index (Phi) is 4.61. The summed E-state index contributed by atoms with van der Waals surface area (Å²) in [6.45, 7) is -0.0985. The number of benzene rings is 3. The van der Waals surface area contributed by atoms with Crippen molar-refractivity contribution in [2.75, 3.05) is 5.32 Å². The quantitative estimate of drug-likeness (QED) is 0.457. The minimum Gasteiger partial charge on any atom is -0.325 e. The molecule has 0 fully saturated rings. The van der Waals surface area contributed by atoms with Gasteiger partial charge in [-0.25, -0.2) is 4.98 Å². The van der Waals surface area contributed by atoms with Gasteiger partial charge < -0.3 is 5.32 Å². The summed E-state index contributed by atoms with van der Waals surface area (Å²) in [5.41, 5.74) is 2.29. The molecule has 3 aromatic carbocycles. The maximum atomic E-state index is 13.1. The number of anilines is 1. The lowest BCUT2D eigenvalue weighted by molar-refractivity contribution is -0.116. The summed E-state index contributed by atoms with van der Waals surface area (Å²) in [5, 5.41) is 7.51. The molecule has 5 rings (SSSR count). The Bertz CT molecular complexity index is 1440. The average molecular weight is 411 g/mol. The Morgan fingerprint density at radius 3 is 2.57 bits per heavy atom. The lowest BCUT2D eigenvalue weighted by Gasteiger charge is -2.09. The van der Waals surface area contributed by atoms with E-state index in [-0.39, 0.29) is 18.0 Å². The molecular weight excluding hydrogens is 394 g/mol. The van der Waals surface area contributed by atoms with Gasteiger partial charge in [0.1, 0.15) is 11.4 Å². The van der Waals surface area contributed by atoms with E-state index >= 15 is 0 Å². The molecule has 1 amide bonds. The van der Waals surface area contributed by atoms with Crippen molar-refractivity contribution in [3.63, 3.8) is 0 Å². The summed E-state index contributed by atoms with van der Waals surface area (Å²) in [7, 11) is 0. The normalized spacial score (nSPS) is 11.1. The van der Waals surface area contributed by atoms with E-state index in [2.05, 4.69) is 10.3 Å². The zero-order valence-electron chi connectivity index (χ0n) is 15.9. The first-order valence-electron chi connectivity index (χ1n) is 9.50. The van der Waals surface area contributed by atoms with Crippen molar-refractivity contribution in [1.82, 2.24) is 9.55 Å². The summed E-state index contributed by atoms with van der Waals surface area (Å²) in [4.78, 5) is 30.8. The van der Waals surface area contributed by atoms with Gasteiger partial charge in [0.2, 0.25) is 5.91 Å². The standard InChI is InChI=1S/C24H17N3O2S/c28-21(26-19-11-10-16-6-4-5-9-18(16)12-19)13-27-15-25-23-22(24(27)29)20(14-30-23)17-7-2-1-3-8-17/h1-12,14-15H,13H2,(H,26,28). The number of thiophene rings is 1. The molecule has 1 N–H and O–H groups in total. The minimum absolute atomic E-state index is 0.0985. The molecule has 0 spiro atoms. The van der Waals surface area contributed by atoms with Gasteiger partial charge in [0.25, 0.3) is 5.56 Å². The third-order valence-electron chi connectivity index (χ3n) is 4.99. The lowest BCUT2D eigenvalue weighted by atomic mass is 10.1. The average Bonchev–Trinajstić information content (AvgIpc) is 3.21. The summed E-state index contributed by atoms with van der Waals surface area (Å²) in [6.07, 6.45) is 1.44. The predicted octanol–water partition coefficient (Wildman–Crippen LogP) is 4.92. The largest absolute Gasteiger partial charge is 0.325 e. The third-order valence-corrected chi connectivity index (χ3v) is 5.88. The van der Waals surface area contributed by atoms with E-state index in [1.54, 1.807) is 0 Å². The maximum Gasteiger partial charge on any atom is 0.263 e. The molecule has 0 radical (unpaired) electrons. The van der Waals surface area contributed by atoms with Crippen LogP contribution in [0, 0.1) is 0 Å². The van der Waals surface area contributed by atoms with Crippen LogP contribution in [0.5, 0.6) is 0 Å². The Balaban J connectivity index is 1.44. The van der Waals surface area contributed by atoms with Crippen LogP contribution in [0.4, 0.5) is 5.69 Å². The summed E-state index contributed by atoms with van der Waals surface area (Å²) >= 11 is 1.43. The van der Waals surface area contributed by atoms with Gasteiger partial charge in [-0.1, -0.05) is 60.7 Å². The van der Waals surface area contributed by atoms with E-state index < -0.39 is 0 Å². The van der Waals surface area contributed by atoms with Crippen molar-refractivity contribution < 1.29 is 4.79 Å². The minimum atomic E-state index is -0.273. The van der Waals surface area contributed by atoms with Crippen LogP contribution in [0.1, 0.15) is 0 Å². The molecule has 0 bridgehead atoms. The van der Waals surface area contributed by atoms with E-state index in [0.29, 0.717) is 15.9 Å². The molecule has 0 atom stereocenters. The molecule has 5 nitrogen and oxygen atoms in total. The van der Waals surface area contributed by atoms with Crippen molar-refractivity contribution in [2.45, 2.75) is 6.54 Å². The highest BCUT2D eigenvalue weighted by atomic mass is 32.1. The Morgan fingerprint density at radius 1 is 0.967 bits per heavy atom. The van der Waals surface area contributed by atoms with Gasteiger partial charge in [-0.15, -0.1) is 11.3 Å². The van der Waals surface area contributed by atoms with Crippen LogP contribution >= 0.6 is 11.3 Å². The van der Waals surface area contributed by atoms with Gasteiger partial charge in [0.15, 0.2) is 0 Å². The summed E-state index contributed by atoms with van der Waals surface area (Å²) < 4.78 is 1.36. The molecule has 0 aliphatic heterocycles. The van der Waals surface area contributed by atoms with Crippen molar-refractivity contribution in [2.24, 2.45) is 0 Å². The molecule has 0 saturated carbocycles. The Hall–Kier alpha value is -3.77. The van der Waals surface area contributed by atoms with E-state index in [9.17, 15) is 9.59 Å². The van der Waals surface area contributed by atoms with Gasteiger partial charge in [0.05, 0.1) is 11.7 Å². The first-order chi connectivity index (χ1) is 14.7. The van der Waals surface area contributed by atoms with Crippen LogP contribution in [-0.2, 0) is 11.3 Å². The smallest absolute Gasteiger partial charge is 0.263 e. The second kappa shape index (κ2) is 7.57. The number of carbonyl (C=O) groups excluding carboxylic acids is 1. The molecule has 0 saturated heterocycles. The molecule has 0 aliphatic rings. The molecule has 2 aromatic heterocycles. The van der Waals surface area contributed by atoms with E-state index in [0.717, 1.165) is 21.9 Å². The number of rotatable bonds is 4. The Morgan fingerprint density at radius 2 is 1.73 bits per heavy atom.